The summed E-state index contributed by atoms with van der Waals surface area (Å²) in [6.07, 6.45) is 3.17. The van der Waals surface area contributed by atoms with Gasteiger partial charge in [0.1, 0.15) is 0 Å². The van der Waals surface area contributed by atoms with Crippen molar-refractivity contribution in [1.82, 2.24) is 0 Å². The fraction of sp³-hybridized carbons (Fsp3) is 0.200. The molecule has 2 aromatic carbocycles. The second-order valence-electron chi connectivity index (χ2n) is 7.37. The smallest absolute Gasteiger partial charge is 0.793 e. The number of carbonyl (C=O) groups is 4. The molecule has 3 radical (unpaired) electrons. The van der Waals surface area contributed by atoms with Crippen LogP contribution in [0.3, 0.4) is 0 Å². The first-order chi connectivity index (χ1) is 19.2. The van der Waals surface area contributed by atoms with E-state index in [0.717, 1.165) is 37.1 Å². The maximum atomic E-state index is 9.88. The van der Waals surface area contributed by atoms with E-state index >= 15 is 0 Å². The van der Waals surface area contributed by atoms with Crippen molar-refractivity contribution in [3.05, 3.63) is 111 Å². The van der Waals surface area contributed by atoms with Crippen LogP contribution >= 0.6 is 22.7 Å². The first-order valence-corrected chi connectivity index (χ1v) is 13.5. The van der Waals surface area contributed by atoms with Crippen molar-refractivity contribution in [2.24, 2.45) is 0 Å². The summed E-state index contributed by atoms with van der Waals surface area (Å²) in [4.78, 5) is 48.9. The van der Waals surface area contributed by atoms with Crippen LogP contribution in [0.15, 0.2) is 95.7 Å². The summed E-state index contributed by atoms with van der Waals surface area (Å²) in [6.45, 7) is 3.52. The number of benzene rings is 2. The average molecular weight is 621 g/mol. The molecule has 0 saturated heterocycles. The van der Waals surface area contributed by atoms with Crippen LogP contribution in [0.4, 0.5) is 5.69 Å². The van der Waals surface area contributed by atoms with Gasteiger partial charge in [0.05, 0.1) is 4.88 Å². The predicted octanol–water partition coefficient (Wildman–Crippen LogP) is 3.66. The molecule has 0 atom stereocenters. The molecule has 2 N–H and O–H groups in total. The molecule has 0 aliphatic carbocycles. The molecule has 0 fully saturated rings. The molecule has 12 heteroatoms. The van der Waals surface area contributed by atoms with Crippen LogP contribution in [0.2, 0.25) is 0 Å². The van der Waals surface area contributed by atoms with E-state index in [1.54, 1.807) is 6.07 Å². The summed E-state index contributed by atoms with van der Waals surface area (Å²) < 4.78 is 3.61. The standard InChI is InChI=1S/C12H12S.C6H7N.C5H4OS.C4H6O4.C2H3BO2.CH4.Na/c1-2-5-11(6-3-1)8-9-12-7-4-10-13-12;7-6-4-2-1-3-5-6;6-4-5-2-1-3-7-5;1-3(5)7-8-4(2)6;1-2(4)5-3;;/h1-7,10H,8-9H2;1-5H,7H2;1-4H;1-2H3;1H3;1H4;/q;;;;-1;;+1. The van der Waals surface area contributed by atoms with Gasteiger partial charge in [0.15, 0.2) is 6.29 Å². The van der Waals surface area contributed by atoms with E-state index in [1.165, 1.54) is 35.1 Å². The zero-order chi connectivity index (χ0) is 30.0. The fourth-order valence-electron chi connectivity index (χ4n) is 2.30. The van der Waals surface area contributed by atoms with Crippen molar-refractivity contribution in [1.29, 1.82) is 0 Å². The van der Waals surface area contributed by atoms with E-state index in [0.29, 0.717) is 0 Å². The number of thiophene rings is 2. The Morgan fingerprint density at radius 3 is 1.52 bits per heavy atom. The number of rotatable bonds is 4. The second kappa shape index (κ2) is 29.3. The zero-order valence-corrected chi connectivity index (χ0v) is 27.2. The number of carbonyl (C=O) groups excluding carboxylic acids is 4. The number of nitrogen functional groups attached to an aromatic ring is 1. The molecule has 2 heterocycles. The molecule has 0 amide bonds. The normalized spacial score (nSPS) is 8.29. The predicted molar refractivity (Wildman–Crippen MR) is 167 cm³/mol. The van der Waals surface area contributed by atoms with Crippen LogP contribution < -0.4 is 35.3 Å². The number of aryl methyl sites for hydroxylation is 2. The molecule has 2 aromatic heterocycles. The Morgan fingerprint density at radius 1 is 0.738 bits per heavy atom. The van der Waals surface area contributed by atoms with E-state index in [4.69, 9.17) is 5.73 Å². The number of aldehydes is 1. The molecular formula is C30H36BNNaO7S2. The molecule has 0 bridgehead atoms. The maximum Gasteiger partial charge on any atom is 1.00 e. The fourth-order valence-corrected chi connectivity index (χ4v) is 3.53. The summed E-state index contributed by atoms with van der Waals surface area (Å²) in [5.41, 5.74) is 7.61. The minimum atomic E-state index is -0.639. The molecule has 0 saturated carbocycles. The third-order valence-electron chi connectivity index (χ3n) is 3.98. The molecule has 4 aromatic rings. The Morgan fingerprint density at radius 2 is 1.21 bits per heavy atom. The molecule has 0 aliphatic heterocycles. The van der Waals surface area contributed by atoms with Crippen LogP contribution in [0, 0.1) is 0 Å². The number of anilines is 1. The van der Waals surface area contributed by atoms with Crippen LogP contribution in [0.5, 0.6) is 0 Å². The Bertz CT molecular complexity index is 1180. The third kappa shape index (κ3) is 28.3. The summed E-state index contributed by atoms with van der Waals surface area (Å²) >= 11 is 3.30. The van der Waals surface area contributed by atoms with E-state index in [2.05, 4.69) is 70.3 Å². The largest absolute Gasteiger partial charge is 1.00 e. The van der Waals surface area contributed by atoms with Gasteiger partial charge in [-0.2, -0.15) is 0 Å². The first kappa shape index (κ1) is 43.2. The van der Waals surface area contributed by atoms with Gasteiger partial charge in [-0.25, -0.2) is 19.4 Å². The van der Waals surface area contributed by atoms with Gasteiger partial charge in [0.2, 0.25) is 5.97 Å². The van der Waals surface area contributed by atoms with Crippen molar-refractivity contribution in [2.75, 3.05) is 5.73 Å². The molecule has 0 spiro atoms. The van der Waals surface area contributed by atoms with Crippen molar-refractivity contribution in [3.63, 3.8) is 0 Å². The second-order valence-corrected chi connectivity index (χ2v) is 9.38. The Labute approximate surface area is 279 Å². The van der Waals surface area contributed by atoms with Crippen LogP contribution in [0.1, 0.15) is 48.3 Å². The van der Waals surface area contributed by atoms with Crippen molar-refractivity contribution in [2.45, 2.75) is 41.0 Å². The Balaban J connectivity index is -0.000000467. The number of hydrogen-bond acceptors (Lipinski definition) is 10. The summed E-state index contributed by atoms with van der Waals surface area (Å²) in [6, 6.07) is 28.1. The van der Waals surface area contributed by atoms with Crippen molar-refractivity contribution in [3.8, 4) is 0 Å². The quantitative estimate of drug-likeness (QED) is 0.121. The topological polar surface area (TPSA) is 122 Å². The molecule has 219 valence electrons. The maximum absolute atomic E-state index is 9.88. The monoisotopic (exact) mass is 620 g/mol. The summed E-state index contributed by atoms with van der Waals surface area (Å²) in [7, 11) is 4.32. The summed E-state index contributed by atoms with van der Waals surface area (Å²) in [5.74, 6) is -1.74. The molecular weight excluding hydrogens is 584 g/mol. The SMILES string of the molecule is C.CC(=O)OOC(C)=O.Nc1ccccc1.O=Cc1cccs1.[B-]OC(C)=O.[Na+].c1ccc(CCc2cccs2)cc1. The summed E-state index contributed by atoms with van der Waals surface area (Å²) in [5, 5.41) is 4.02. The molecule has 42 heavy (non-hydrogen) atoms. The van der Waals surface area contributed by atoms with Gasteiger partial charge >= 0.3 is 41.5 Å². The van der Waals surface area contributed by atoms with Crippen LogP contribution in [0.25, 0.3) is 0 Å². The van der Waals surface area contributed by atoms with E-state index in [9.17, 15) is 19.2 Å². The molecule has 0 unspecified atom stereocenters. The molecule has 4 rings (SSSR count). The minimum Gasteiger partial charge on any atom is -0.793 e. The van der Waals surface area contributed by atoms with Gasteiger partial charge in [-0.1, -0.05) is 68.1 Å². The average Bonchev–Trinajstić information content (AvgIpc) is 3.68. The first-order valence-electron chi connectivity index (χ1n) is 11.8. The molecule has 0 aliphatic rings. The van der Waals surface area contributed by atoms with Crippen molar-refractivity contribution < 1.29 is 63.2 Å². The van der Waals surface area contributed by atoms with Crippen molar-refractivity contribution >= 4 is 60.6 Å². The van der Waals surface area contributed by atoms with Crippen LogP contribution in [-0.2, 0) is 41.7 Å². The number of hydrogen-bond donors (Lipinski definition) is 1. The van der Waals surface area contributed by atoms with Gasteiger partial charge in [0, 0.05) is 31.3 Å². The van der Waals surface area contributed by atoms with E-state index in [1.807, 2.05) is 53.1 Å². The van der Waals surface area contributed by atoms with Gasteiger partial charge < -0.3 is 18.4 Å². The third-order valence-corrected chi connectivity index (χ3v) is 5.72. The van der Waals surface area contributed by atoms with Gasteiger partial charge in [-0.3, -0.25) is 9.59 Å². The van der Waals surface area contributed by atoms with Gasteiger partial charge in [-0.05, 0) is 53.4 Å². The van der Waals surface area contributed by atoms with E-state index < -0.39 is 17.9 Å². The van der Waals surface area contributed by atoms with Gasteiger partial charge in [-0.15, -0.1) is 22.7 Å². The number of nitrogens with two attached hydrogens (primary N) is 1. The number of para-hydroxylation sites is 1. The van der Waals surface area contributed by atoms with Crippen LogP contribution in [-0.4, -0.2) is 32.2 Å². The van der Waals surface area contributed by atoms with E-state index in [-0.39, 0.29) is 37.0 Å². The Hall–Kier alpha value is -3.22. The zero-order valence-electron chi connectivity index (χ0n) is 23.6. The Kier molecular flexibility index (Phi) is 30.1. The van der Waals surface area contributed by atoms with Gasteiger partial charge in [0.25, 0.3) is 0 Å². The minimum absolute atomic E-state index is 0. The molecule has 8 nitrogen and oxygen atoms in total.